The van der Waals surface area contributed by atoms with Gasteiger partial charge in [0.25, 0.3) is 5.91 Å². The van der Waals surface area contributed by atoms with Gasteiger partial charge in [-0.25, -0.2) is 4.79 Å². The summed E-state index contributed by atoms with van der Waals surface area (Å²) in [5.74, 6) is 0.812. The molecule has 0 radical (unpaired) electrons. The van der Waals surface area contributed by atoms with Gasteiger partial charge >= 0.3 is 6.03 Å². The van der Waals surface area contributed by atoms with Gasteiger partial charge in [0.2, 0.25) is 0 Å². The number of anilines is 1. The Labute approximate surface area is 165 Å². The first-order valence-electron chi connectivity index (χ1n) is 9.53. The molecule has 1 aromatic heterocycles. The van der Waals surface area contributed by atoms with Crippen molar-refractivity contribution in [1.29, 1.82) is 0 Å². The second kappa shape index (κ2) is 8.48. The van der Waals surface area contributed by atoms with Crippen molar-refractivity contribution in [2.24, 2.45) is 0 Å². The zero-order valence-corrected chi connectivity index (χ0v) is 16.7. The van der Waals surface area contributed by atoms with E-state index in [1.807, 2.05) is 32.9 Å². The highest BCUT2D eigenvalue weighted by Crippen LogP contribution is 2.14. The van der Waals surface area contributed by atoms with Gasteiger partial charge in [-0.3, -0.25) is 9.69 Å². The van der Waals surface area contributed by atoms with Crippen molar-refractivity contribution in [3.8, 4) is 0 Å². The summed E-state index contributed by atoms with van der Waals surface area (Å²) in [6.07, 6.45) is 1.68. The van der Waals surface area contributed by atoms with Crippen LogP contribution in [0.5, 0.6) is 0 Å². The van der Waals surface area contributed by atoms with E-state index in [0.717, 1.165) is 25.4 Å². The lowest BCUT2D eigenvalue weighted by Gasteiger charge is -2.34. The fourth-order valence-electron chi connectivity index (χ4n) is 3.05. The van der Waals surface area contributed by atoms with Crippen LogP contribution in [0.1, 0.15) is 36.9 Å². The Balaban J connectivity index is 1.48. The molecule has 0 atom stereocenters. The number of piperazine rings is 1. The summed E-state index contributed by atoms with van der Waals surface area (Å²) in [5.41, 5.74) is 0.957. The monoisotopic (exact) mass is 384 g/mol. The SMILES string of the molecule is CC(C)(C)NC(=O)c1ccc(NC(=O)N2CCN(Cc3ccco3)CC2)cc1. The second-order valence-electron chi connectivity index (χ2n) is 8.05. The van der Waals surface area contributed by atoms with E-state index in [1.165, 1.54) is 0 Å². The van der Waals surface area contributed by atoms with E-state index in [2.05, 4.69) is 15.5 Å². The number of nitrogens with zero attached hydrogens (tertiary/aromatic N) is 2. The Hall–Kier alpha value is -2.80. The van der Waals surface area contributed by atoms with Crippen LogP contribution in [0.3, 0.4) is 0 Å². The zero-order chi connectivity index (χ0) is 20.1. The maximum atomic E-state index is 12.5. The average molecular weight is 384 g/mol. The van der Waals surface area contributed by atoms with Gasteiger partial charge in [0.1, 0.15) is 5.76 Å². The number of rotatable bonds is 4. The molecule has 1 aliphatic rings. The van der Waals surface area contributed by atoms with Crippen LogP contribution in [0.15, 0.2) is 47.1 Å². The van der Waals surface area contributed by atoms with Gasteiger partial charge in [-0.15, -0.1) is 0 Å². The van der Waals surface area contributed by atoms with E-state index in [9.17, 15) is 9.59 Å². The predicted octanol–water partition coefficient (Wildman–Crippen LogP) is 3.16. The molecule has 0 unspecified atom stereocenters. The number of hydrogen-bond acceptors (Lipinski definition) is 4. The lowest BCUT2D eigenvalue weighted by molar-refractivity contribution is 0.0919. The summed E-state index contributed by atoms with van der Waals surface area (Å²) >= 11 is 0. The van der Waals surface area contributed by atoms with Crippen LogP contribution >= 0.6 is 0 Å². The normalized spacial score (nSPS) is 15.3. The molecule has 7 heteroatoms. The Morgan fingerprint density at radius 3 is 2.29 bits per heavy atom. The molecular formula is C21H28N4O3. The molecule has 1 saturated heterocycles. The largest absolute Gasteiger partial charge is 0.468 e. The highest BCUT2D eigenvalue weighted by atomic mass is 16.3. The van der Waals surface area contributed by atoms with Crippen molar-refractivity contribution in [2.45, 2.75) is 32.9 Å². The second-order valence-corrected chi connectivity index (χ2v) is 8.05. The number of benzene rings is 1. The molecule has 28 heavy (non-hydrogen) atoms. The van der Waals surface area contributed by atoms with Crippen molar-refractivity contribution in [2.75, 3.05) is 31.5 Å². The molecule has 1 aliphatic heterocycles. The van der Waals surface area contributed by atoms with E-state index < -0.39 is 0 Å². The third kappa shape index (κ3) is 5.60. The van der Waals surface area contributed by atoms with Crippen molar-refractivity contribution in [3.05, 3.63) is 54.0 Å². The molecule has 2 aromatic rings. The lowest BCUT2D eigenvalue weighted by Crippen LogP contribution is -2.49. The minimum absolute atomic E-state index is 0.121. The Morgan fingerprint density at radius 2 is 1.71 bits per heavy atom. The summed E-state index contributed by atoms with van der Waals surface area (Å²) in [6.45, 7) is 9.52. The standard InChI is InChI=1S/C21H28N4O3/c1-21(2,3)23-19(26)16-6-8-17(9-7-16)22-20(27)25-12-10-24(11-13-25)15-18-5-4-14-28-18/h4-9,14H,10-13,15H2,1-3H3,(H,22,27)(H,23,26). The minimum Gasteiger partial charge on any atom is -0.468 e. The molecule has 150 valence electrons. The maximum Gasteiger partial charge on any atom is 0.321 e. The molecule has 7 nitrogen and oxygen atoms in total. The number of furan rings is 1. The molecule has 0 spiro atoms. The molecular weight excluding hydrogens is 356 g/mol. The summed E-state index contributed by atoms with van der Waals surface area (Å²) in [7, 11) is 0. The van der Waals surface area contributed by atoms with Crippen LogP contribution in [0, 0.1) is 0 Å². The van der Waals surface area contributed by atoms with Gasteiger partial charge in [0.15, 0.2) is 0 Å². The molecule has 3 amide bonds. The molecule has 0 aliphatic carbocycles. The predicted molar refractivity (Wildman–Crippen MR) is 108 cm³/mol. The van der Waals surface area contributed by atoms with Crippen LogP contribution in [-0.2, 0) is 6.54 Å². The van der Waals surface area contributed by atoms with Gasteiger partial charge in [-0.2, -0.15) is 0 Å². The van der Waals surface area contributed by atoms with E-state index in [4.69, 9.17) is 4.42 Å². The Bertz CT molecular complexity index is 786. The molecule has 1 fully saturated rings. The van der Waals surface area contributed by atoms with Crippen LogP contribution in [0.2, 0.25) is 0 Å². The summed E-state index contributed by atoms with van der Waals surface area (Å²) in [4.78, 5) is 28.7. The van der Waals surface area contributed by atoms with Gasteiger partial charge in [-0.05, 0) is 57.2 Å². The smallest absolute Gasteiger partial charge is 0.321 e. The van der Waals surface area contributed by atoms with Crippen LogP contribution in [-0.4, -0.2) is 53.5 Å². The minimum atomic E-state index is -0.289. The summed E-state index contributed by atoms with van der Waals surface area (Å²) in [5, 5.41) is 5.83. The fraction of sp³-hybridized carbons (Fsp3) is 0.429. The van der Waals surface area contributed by atoms with E-state index >= 15 is 0 Å². The number of urea groups is 1. The highest BCUT2D eigenvalue weighted by molar-refractivity contribution is 5.95. The number of nitrogens with one attached hydrogen (secondary N) is 2. The van der Waals surface area contributed by atoms with Crippen molar-refractivity contribution in [1.82, 2.24) is 15.1 Å². The first-order valence-corrected chi connectivity index (χ1v) is 9.53. The van der Waals surface area contributed by atoms with E-state index in [0.29, 0.717) is 24.3 Å². The fourth-order valence-corrected chi connectivity index (χ4v) is 3.05. The number of carbonyl (C=O) groups excluding carboxylic acids is 2. The third-order valence-electron chi connectivity index (χ3n) is 4.51. The van der Waals surface area contributed by atoms with E-state index in [-0.39, 0.29) is 17.5 Å². The summed E-state index contributed by atoms with van der Waals surface area (Å²) in [6, 6.07) is 10.7. The van der Waals surface area contributed by atoms with Crippen LogP contribution < -0.4 is 10.6 Å². The molecule has 2 N–H and O–H groups in total. The van der Waals surface area contributed by atoms with Gasteiger partial charge in [0, 0.05) is 43.0 Å². The number of amides is 3. The van der Waals surface area contributed by atoms with Crippen molar-refractivity contribution < 1.29 is 14.0 Å². The highest BCUT2D eigenvalue weighted by Gasteiger charge is 2.22. The van der Waals surface area contributed by atoms with Crippen molar-refractivity contribution >= 4 is 17.6 Å². The van der Waals surface area contributed by atoms with Crippen molar-refractivity contribution in [3.63, 3.8) is 0 Å². The van der Waals surface area contributed by atoms with Gasteiger partial charge in [0.05, 0.1) is 12.8 Å². The molecule has 0 bridgehead atoms. The quantitative estimate of drug-likeness (QED) is 0.849. The molecule has 2 heterocycles. The zero-order valence-electron chi connectivity index (χ0n) is 16.7. The first kappa shape index (κ1) is 19.9. The third-order valence-corrected chi connectivity index (χ3v) is 4.51. The average Bonchev–Trinajstić information content (AvgIpc) is 3.14. The Kier molecular flexibility index (Phi) is 6.04. The number of hydrogen-bond donors (Lipinski definition) is 2. The van der Waals surface area contributed by atoms with E-state index in [1.54, 1.807) is 35.4 Å². The topological polar surface area (TPSA) is 77.8 Å². The first-order chi connectivity index (χ1) is 13.3. The van der Waals surface area contributed by atoms with Crippen LogP contribution in [0.25, 0.3) is 0 Å². The maximum absolute atomic E-state index is 12.5. The molecule has 0 saturated carbocycles. The molecule has 1 aromatic carbocycles. The lowest BCUT2D eigenvalue weighted by atomic mass is 10.1. The van der Waals surface area contributed by atoms with Crippen LogP contribution in [0.4, 0.5) is 10.5 Å². The van der Waals surface area contributed by atoms with Gasteiger partial charge in [-0.1, -0.05) is 0 Å². The Morgan fingerprint density at radius 1 is 1.04 bits per heavy atom. The summed E-state index contributed by atoms with van der Waals surface area (Å²) < 4.78 is 5.38. The van der Waals surface area contributed by atoms with Gasteiger partial charge < -0.3 is 20.0 Å². The number of carbonyl (C=O) groups is 2. The molecule has 3 rings (SSSR count).